The van der Waals surface area contributed by atoms with Crippen molar-refractivity contribution in [2.24, 2.45) is 5.92 Å². The second kappa shape index (κ2) is 5.76. The number of carbonyl (C=O) groups is 1. The molecule has 0 aromatic carbocycles. The highest BCUT2D eigenvalue weighted by Crippen LogP contribution is 2.40. The molecule has 0 spiro atoms. The summed E-state index contributed by atoms with van der Waals surface area (Å²) in [6.45, 7) is 0. The van der Waals surface area contributed by atoms with Gasteiger partial charge < -0.3 is 4.74 Å². The average Bonchev–Trinajstić information content (AvgIpc) is 2.35. The van der Waals surface area contributed by atoms with Gasteiger partial charge in [-0.05, 0) is 25.7 Å². The molecule has 1 aliphatic rings. The van der Waals surface area contributed by atoms with E-state index in [1.54, 1.807) is 0 Å². The third-order valence-corrected chi connectivity index (χ3v) is 4.22. The zero-order chi connectivity index (χ0) is 16.5. The summed E-state index contributed by atoms with van der Waals surface area (Å²) in [6, 6.07) is 1.93. The molecule has 1 fully saturated rings. The molecule has 11 heteroatoms. The standard InChI is InChI=1S/C10H11F4NO5S/c11-9(10(12,13)14,21(17,18)19)8(16)20-7-3-1-6(5-15)2-4-7/h6-7H,1-4H2,(H,17,18,19). The third kappa shape index (κ3) is 3.44. The molecule has 1 unspecified atom stereocenters. The SMILES string of the molecule is N#CC1CCC(OC(=O)C(F)(C(F)(F)F)S(=O)(=O)O)CC1. The lowest BCUT2D eigenvalue weighted by Crippen LogP contribution is -2.55. The lowest BCUT2D eigenvalue weighted by molar-refractivity contribution is -0.218. The molecule has 0 radical (unpaired) electrons. The van der Waals surface area contributed by atoms with Crippen LogP contribution in [0.4, 0.5) is 17.6 Å². The Kier molecular flexibility index (Phi) is 4.84. The topological polar surface area (TPSA) is 104 Å². The minimum absolute atomic E-state index is 0.00335. The zero-order valence-corrected chi connectivity index (χ0v) is 11.2. The fraction of sp³-hybridized carbons (Fsp3) is 0.800. The fourth-order valence-corrected chi connectivity index (χ4v) is 2.46. The molecule has 1 aliphatic carbocycles. The van der Waals surface area contributed by atoms with Crippen LogP contribution in [0.5, 0.6) is 0 Å². The summed E-state index contributed by atoms with van der Waals surface area (Å²) in [5, 5.41) is 3.10. The van der Waals surface area contributed by atoms with E-state index in [1.807, 2.05) is 6.07 Å². The molecule has 1 saturated carbocycles. The number of hydrogen-bond donors (Lipinski definition) is 1. The Hall–Kier alpha value is -1.41. The van der Waals surface area contributed by atoms with E-state index in [1.165, 1.54) is 0 Å². The van der Waals surface area contributed by atoms with Gasteiger partial charge in [0.15, 0.2) is 0 Å². The van der Waals surface area contributed by atoms with E-state index < -0.39 is 33.4 Å². The predicted molar refractivity (Wildman–Crippen MR) is 58.9 cm³/mol. The van der Waals surface area contributed by atoms with Crippen LogP contribution in [0.15, 0.2) is 0 Å². The van der Waals surface area contributed by atoms with E-state index in [9.17, 15) is 30.8 Å². The average molecular weight is 333 g/mol. The zero-order valence-electron chi connectivity index (χ0n) is 10.4. The molecule has 0 saturated heterocycles. The van der Waals surface area contributed by atoms with Crippen LogP contribution >= 0.6 is 0 Å². The van der Waals surface area contributed by atoms with Gasteiger partial charge >= 0.3 is 27.3 Å². The number of nitrogens with zero attached hydrogens (tertiary/aromatic N) is 1. The van der Waals surface area contributed by atoms with Gasteiger partial charge in [0.05, 0.1) is 6.07 Å². The quantitative estimate of drug-likeness (QED) is 0.479. The van der Waals surface area contributed by atoms with Crippen LogP contribution < -0.4 is 0 Å². The Morgan fingerprint density at radius 2 is 1.67 bits per heavy atom. The maximum atomic E-state index is 13.6. The highest BCUT2D eigenvalue weighted by molar-refractivity contribution is 7.88. The molecule has 0 aromatic heterocycles. The van der Waals surface area contributed by atoms with E-state index in [2.05, 4.69) is 4.74 Å². The first-order chi connectivity index (χ1) is 9.43. The second-order valence-electron chi connectivity index (χ2n) is 4.58. The van der Waals surface area contributed by atoms with E-state index in [0.717, 1.165) is 0 Å². The van der Waals surface area contributed by atoms with Gasteiger partial charge in [0.25, 0.3) is 0 Å². The fourth-order valence-electron chi connectivity index (χ4n) is 1.90. The minimum Gasteiger partial charge on any atom is -0.459 e. The highest BCUT2D eigenvalue weighted by atomic mass is 32.2. The maximum Gasteiger partial charge on any atom is 0.451 e. The van der Waals surface area contributed by atoms with Gasteiger partial charge in [0.1, 0.15) is 6.10 Å². The van der Waals surface area contributed by atoms with Gasteiger partial charge in [0.2, 0.25) is 0 Å². The summed E-state index contributed by atoms with van der Waals surface area (Å²) < 4.78 is 84.8. The number of carbonyl (C=O) groups excluding carboxylic acids is 1. The van der Waals surface area contributed by atoms with Crippen molar-refractivity contribution in [2.45, 2.75) is 43.0 Å². The Morgan fingerprint density at radius 1 is 1.19 bits per heavy atom. The first-order valence-corrected chi connectivity index (χ1v) is 7.21. The smallest absolute Gasteiger partial charge is 0.451 e. The number of ether oxygens (including phenoxy) is 1. The molecule has 0 aromatic rings. The van der Waals surface area contributed by atoms with Gasteiger partial charge in [-0.1, -0.05) is 0 Å². The third-order valence-electron chi connectivity index (χ3n) is 3.11. The van der Waals surface area contributed by atoms with Crippen LogP contribution in [0.25, 0.3) is 0 Å². The summed E-state index contributed by atoms with van der Waals surface area (Å²) in [4.78, 5) is 11.3. The summed E-state index contributed by atoms with van der Waals surface area (Å²) in [7, 11) is -6.41. The van der Waals surface area contributed by atoms with Crippen LogP contribution in [0.2, 0.25) is 0 Å². The number of alkyl halides is 4. The van der Waals surface area contributed by atoms with Crippen LogP contribution in [-0.4, -0.2) is 36.2 Å². The highest BCUT2D eigenvalue weighted by Gasteiger charge is 2.73. The molecule has 0 bridgehead atoms. The number of nitriles is 1. The first kappa shape index (κ1) is 17.6. The van der Waals surface area contributed by atoms with E-state index in [4.69, 9.17) is 9.81 Å². The number of rotatable bonds is 3. The molecule has 120 valence electrons. The van der Waals surface area contributed by atoms with Crippen LogP contribution in [0.3, 0.4) is 0 Å². The van der Waals surface area contributed by atoms with E-state index >= 15 is 0 Å². The van der Waals surface area contributed by atoms with Crippen molar-refractivity contribution in [1.82, 2.24) is 0 Å². The van der Waals surface area contributed by atoms with Crippen molar-refractivity contribution in [3.8, 4) is 6.07 Å². The summed E-state index contributed by atoms with van der Waals surface area (Å²) in [5.74, 6) is -3.07. The number of esters is 1. The molecule has 21 heavy (non-hydrogen) atoms. The van der Waals surface area contributed by atoms with Gasteiger partial charge in [-0.2, -0.15) is 26.9 Å². The van der Waals surface area contributed by atoms with Crippen molar-refractivity contribution < 1.29 is 40.1 Å². The number of hydrogen-bond acceptors (Lipinski definition) is 5. The Labute approximate surface area is 117 Å². The second-order valence-corrected chi connectivity index (χ2v) is 6.09. The maximum absolute atomic E-state index is 13.6. The number of halogens is 4. The van der Waals surface area contributed by atoms with Gasteiger partial charge in [-0.3, -0.25) is 4.55 Å². The molecule has 6 nitrogen and oxygen atoms in total. The van der Waals surface area contributed by atoms with Crippen molar-refractivity contribution in [3.05, 3.63) is 0 Å². The van der Waals surface area contributed by atoms with Crippen molar-refractivity contribution >= 4 is 16.1 Å². The summed E-state index contributed by atoms with van der Waals surface area (Å²) in [5.41, 5.74) is 0. The molecule has 0 heterocycles. The normalized spacial score (nSPS) is 26.5. The van der Waals surface area contributed by atoms with Crippen molar-refractivity contribution in [2.75, 3.05) is 0 Å². The molecule has 1 atom stereocenters. The Bertz CT molecular complexity index is 547. The molecule has 0 amide bonds. The predicted octanol–water partition coefficient (Wildman–Crippen LogP) is 1.73. The Balaban J connectivity index is 2.89. The van der Waals surface area contributed by atoms with E-state index in [0.29, 0.717) is 0 Å². The molecular weight excluding hydrogens is 322 g/mol. The molecule has 0 aliphatic heterocycles. The lowest BCUT2D eigenvalue weighted by atomic mass is 9.88. The van der Waals surface area contributed by atoms with Gasteiger partial charge in [-0.15, -0.1) is 0 Å². The Morgan fingerprint density at radius 3 is 2.00 bits per heavy atom. The monoisotopic (exact) mass is 333 g/mol. The summed E-state index contributed by atoms with van der Waals surface area (Å²) >= 11 is 0. The van der Waals surface area contributed by atoms with Crippen LogP contribution in [0, 0.1) is 17.2 Å². The van der Waals surface area contributed by atoms with Crippen molar-refractivity contribution in [3.63, 3.8) is 0 Å². The largest absolute Gasteiger partial charge is 0.459 e. The molecular formula is C10H11F4NO5S. The van der Waals surface area contributed by atoms with Gasteiger partial charge in [-0.25, -0.2) is 9.18 Å². The van der Waals surface area contributed by atoms with E-state index in [-0.39, 0.29) is 31.6 Å². The molecule has 1 rings (SSSR count). The van der Waals surface area contributed by atoms with Gasteiger partial charge in [0, 0.05) is 5.92 Å². The van der Waals surface area contributed by atoms with Crippen LogP contribution in [0.1, 0.15) is 25.7 Å². The lowest BCUT2D eigenvalue weighted by Gasteiger charge is -2.28. The minimum atomic E-state index is -6.41. The van der Waals surface area contributed by atoms with Crippen molar-refractivity contribution in [1.29, 1.82) is 5.26 Å². The van der Waals surface area contributed by atoms with Crippen LogP contribution in [-0.2, 0) is 19.6 Å². The first-order valence-electron chi connectivity index (χ1n) is 5.77. The summed E-state index contributed by atoms with van der Waals surface area (Å²) in [6.07, 6.45) is -6.85. The molecule has 1 N–H and O–H groups in total.